The van der Waals surface area contributed by atoms with Crippen molar-refractivity contribution < 1.29 is 18.8 Å². The van der Waals surface area contributed by atoms with Crippen molar-refractivity contribution in [1.29, 1.82) is 0 Å². The second kappa shape index (κ2) is 7.76. The van der Waals surface area contributed by atoms with Crippen molar-refractivity contribution >= 4 is 6.03 Å². The topological polar surface area (TPSA) is 91.5 Å². The standard InChI is InChI=1S/C16H21FN4O3/c1-4-14-19-15(24-20-14)9-21(5-2)16(23)18-10(3)11-6-7-13(22)12(17)8-11/h6-8,10,22H,4-5,9H2,1-3H3,(H,18,23). The lowest BCUT2D eigenvalue weighted by Gasteiger charge is -2.23. The highest BCUT2D eigenvalue weighted by Crippen LogP contribution is 2.21. The zero-order valence-electron chi connectivity index (χ0n) is 13.9. The van der Waals surface area contributed by atoms with Crippen LogP contribution in [0.5, 0.6) is 5.75 Å². The van der Waals surface area contributed by atoms with Crippen molar-refractivity contribution in [3.8, 4) is 5.75 Å². The Balaban J connectivity index is 2.01. The Kier molecular flexibility index (Phi) is 5.73. The van der Waals surface area contributed by atoms with E-state index in [4.69, 9.17) is 4.52 Å². The van der Waals surface area contributed by atoms with E-state index in [-0.39, 0.29) is 12.6 Å². The van der Waals surface area contributed by atoms with Crippen molar-refractivity contribution in [2.75, 3.05) is 6.54 Å². The van der Waals surface area contributed by atoms with Gasteiger partial charge in [0.15, 0.2) is 17.4 Å². The van der Waals surface area contributed by atoms with Crippen molar-refractivity contribution in [2.45, 2.75) is 39.8 Å². The molecule has 1 heterocycles. The SMILES string of the molecule is CCc1noc(CN(CC)C(=O)NC(C)c2ccc(O)c(F)c2)n1. The van der Waals surface area contributed by atoms with E-state index < -0.39 is 17.6 Å². The molecule has 8 heteroatoms. The lowest BCUT2D eigenvalue weighted by atomic mass is 10.1. The van der Waals surface area contributed by atoms with Gasteiger partial charge in [-0.05, 0) is 31.5 Å². The van der Waals surface area contributed by atoms with Crippen LogP contribution in [0.3, 0.4) is 0 Å². The summed E-state index contributed by atoms with van der Waals surface area (Å²) in [5, 5.41) is 15.8. The summed E-state index contributed by atoms with van der Waals surface area (Å²) in [5.74, 6) is -0.184. The Morgan fingerprint density at radius 3 is 2.79 bits per heavy atom. The number of benzene rings is 1. The third-order valence-electron chi connectivity index (χ3n) is 3.63. The molecule has 2 amide bonds. The maximum atomic E-state index is 13.4. The van der Waals surface area contributed by atoms with E-state index in [1.54, 1.807) is 13.0 Å². The van der Waals surface area contributed by atoms with Crippen molar-refractivity contribution in [3.63, 3.8) is 0 Å². The minimum absolute atomic E-state index is 0.200. The quantitative estimate of drug-likeness (QED) is 0.846. The number of rotatable bonds is 6. The molecule has 1 atom stereocenters. The summed E-state index contributed by atoms with van der Waals surface area (Å²) in [5.41, 5.74) is 0.556. The van der Waals surface area contributed by atoms with Crippen LogP contribution < -0.4 is 5.32 Å². The van der Waals surface area contributed by atoms with Gasteiger partial charge in [0.1, 0.15) is 6.54 Å². The van der Waals surface area contributed by atoms with Crippen LogP contribution in [-0.4, -0.2) is 32.7 Å². The Hall–Kier alpha value is -2.64. The summed E-state index contributed by atoms with van der Waals surface area (Å²) in [6.45, 7) is 6.14. The molecule has 0 radical (unpaired) electrons. The molecule has 1 aromatic carbocycles. The second-order valence-electron chi connectivity index (χ2n) is 5.35. The van der Waals surface area contributed by atoms with Gasteiger partial charge in [-0.15, -0.1) is 0 Å². The number of phenolic OH excluding ortho intramolecular Hbond substituents is 1. The van der Waals surface area contributed by atoms with E-state index in [0.717, 1.165) is 0 Å². The number of urea groups is 1. The van der Waals surface area contributed by atoms with Crippen LogP contribution in [0, 0.1) is 5.82 Å². The molecule has 0 spiro atoms. The summed E-state index contributed by atoms with van der Waals surface area (Å²) in [6.07, 6.45) is 0.658. The van der Waals surface area contributed by atoms with Gasteiger partial charge in [0.05, 0.1) is 6.04 Å². The highest BCUT2D eigenvalue weighted by Gasteiger charge is 2.19. The largest absolute Gasteiger partial charge is 0.505 e. The predicted octanol–water partition coefficient (Wildman–Crippen LogP) is 2.77. The van der Waals surface area contributed by atoms with E-state index in [1.165, 1.54) is 17.0 Å². The van der Waals surface area contributed by atoms with E-state index in [2.05, 4.69) is 15.5 Å². The summed E-state index contributed by atoms with van der Waals surface area (Å²) in [4.78, 5) is 18.1. The van der Waals surface area contributed by atoms with Gasteiger partial charge in [0, 0.05) is 13.0 Å². The first-order valence-corrected chi connectivity index (χ1v) is 7.79. The lowest BCUT2D eigenvalue weighted by molar-refractivity contribution is 0.186. The Morgan fingerprint density at radius 2 is 2.21 bits per heavy atom. The number of hydrogen-bond donors (Lipinski definition) is 2. The maximum Gasteiger partial charge on any atom is 0.318 e. The number of hydrogen-bond acceptors (Lipinski definition) is 5. The molecule has 130 valence electrons. The molecule has 0 fully saturated rings. The van der Waals surface area contributed by atoms with Crippen molar-refractivity contribution in [1.82, 2.24) is 20.4 Å². The van der Waals surface area contributed by atoms with E-state index in [9.17, 15) is 14.3 Å². The highest BCUT2D eigenvalue weighted by molar-refractivity contribution is 5.74. The van der Waals surface area contributed by atoms with Crippen LogP contribution >= 0.6 is 0 Å². The predicted molar refractivity (Wildman–Crippen MR) is 84.8 cm³/mol. The summed E-state index contributed by atoms with van der Waals surface area (Å²) < 4.78 is 18.5. The lowest BCUT2D eigenvalue weighted by Crippen LogP contribution is -2.40. The number of nitrogens with zero attached hydrogens (tertiary/aromatic N) is 3. The van der Waals surface area contributed by atoms with Gasteiger partial charge in [-0.2, -0.15) is 4.98 Å². The minimum atomic E-state index is -0.723. The molecule has 1 aromatic heterocycles. The molecule has 7 nitrogen and oxygen atoms in total. The molecule has 0 aliphatic rings. The van der Waals surface area contributed by atoms with Gasteiger partial charge in [0.25, 0.3) is 0 Å². The van der Waals surface area contributed by atoms with Gasteiger partial charge < -0.3 is 19.8 Å². The number of aryl methyl sites for hydroxylation is 1. The summed E-state index contributed by atoms with van der Waals surface area (Å²) >= 11 is 0. The van der Waals surface area contributed by atoms with Gasteiger partial charge in [-0.3, -0.25) is 0 Å². The Labute approximate surface area is 139 Å². The Bertz CT molecular complexity index is 704. The van der Waals surface area contributed by atoms with Crippen LogP contribution in [0.2, 0.25) is 0 Å². The van der Waals surface area contributed by atoms with Gasteiger partial charge in [-0.25, -0.2) is 9.18 Å². The van der Waals surface area contributed by atoms with Crippen LogP contribution in [0.15, 0.2) is 22.7 Å². The molecule has 1 unspecified atom stereocenters. The molecule has 2 rings (SSSR count). The zero-order chi connectivity index (χ0) is 17.7. The first-order chi connectivity index (χ1) is 11.4. The fourth-order valence-corrected chi connectivity index (χ4v) is 2.14. The number of aromatic nitrogens is 2. The molecule has 0 aliphatic carbocycles. The third-order valence-corrected chi connectivity index (χ3v) is 3.63. The number of aromatic hydroxyl groups is 1. The zero-order valence-corrected chi connectivity index (χ0v) is 13.9. The second-order valence-corrected chi connectivity index (χ2v) is 5.35. The maximum absolute atomic E-state index is 13.4. The van der Waals surface area contributed by atoms with Crippen LogP contribution in [0.25, 0.3) is 0 Å². The van der Waals surface area contributed by atoms with Gasteiger partial charge >= 0.3 is 6.03 Å². The molecule has 0 saturated heterocycles. The Morgan fingerprint density at radius 1 is 1.46 bits per heavy atom. The number of halogens is 1. The summed E-state index contributed by atoms with van der Waals surface area (Å²) in [7, 11) is 0. The molecule has 0 aliphatic heterocycles. The van der Waals surface area contributed by atoms with Crippen molar-refractivity contribution in [2.24, 2.45) is 0 Å². The average molecular weight is 336 g/mol. The number of nitrogens with one attached hydrogen (secondary N) is 1. The smallest absolute Gasteiger partial charge is 0.318 e. The van der Waals surface area contributed by atoms with E-state index in [1.807, 2.05) is 13.8 Å². The van der Waals surface area contributed by atoms with Crippen LogP contribution in [0.4, 0.5) is 9.18 Å². The van der Waals surface area contributed by atoms with Crippen LogP contribution in [-0.2, 0) is 13.0 Å². The fraction of sp³-hybridized carbons (Fsp3) is 0.438. The van der Waals surface area contributed by atoms with Crippen molar-refractivity contribution in [3.05, 3.63) is 41.3 Å². The molecule has 2 N–H and O–H groups in total. The average Bonchev–Trinajstić information content (AvgIpc) is 3.02. The van der Waals surface area contributed by atoms with Crippen LogP contribution in [0.1, 0.15) is 44.1 Å². The van der Waals surface area contributed by atoms with E-state index in [0.29, 0.717) is 30.2 Å². The molecule has 2 aromatic rings. The highest BCUT2D eigenvalue weighted by atomic mass is 19.1. The summed E-state index contributed by atoms with van der Waals surface area (Å²) in [6, 6.07) is 3.27. The number of carbonyl (C=O) groups is 1. The first kappa shape index (κ1) is 17.7. The number of amides is 2. The van der Waals surface area contributed by atoms with Gasteiger partial charge in [-0.1, -0.05) is 18.1 Å². The monoisotopic (exact) mass is 336 g/mol. The molecule has 0 bridgehead atoms. The molecule has 24 heavy (non-hydrogen) atoms. The molecular formula is C16H21FN4O3. The minimum Gasteiger partial charge on any atom is -0.505 e. The first-order valence-electron chi connectivity index (χ1n) is 7.79. The normalized spacial score (nSPS) is 12.0. The van der Waals surface area contributed by atoms with Gasteiger partial charge in [0.2, 0.25) is 5.89 Å². The number of carbonyl (C=O) groups excluding carboxylic acids is 1. The molecule has 0 saturated carbocycles. The third kappa shape index (κ3) is 4.21. The molecular weight excluding hydrogens is 315 g/mol. The number of phenols is 1. The fourth-order valence-electron chi connectivity index (χ4n) is 2.14. The van der Waals surface area contributed by atoms with E-state index >= 15 is 0 Å².